The summed E-state index contributed by atoms with van der Waals surface area (Å²) in [4.78, 5) is 20.5. The third kappa shape index (κ3) is 6.15. The van der Waals surface area contributed by atoms with Gasteiger partial charge in [0.25, 0.3) is 10.0 Å². The number of benzene rings is 1. The average molecular weight is 418 g/mol. The Morgan fingerprint density at radius 3 is 2.83 bits per heavy atom. The van der Waals surface area contributed by atoms with E-state index in [-0.39, 0.29) is 10.8 Å². The Morgan fingerprint density at radius 2 is 2.00 bits per heavy atom. The van der Waals surface area contributed by atoms with E-state index in [1.807, 2.05) is 10.8 Å². The van der Waals surface area contributed by atoms with Crippen molar-refractivity contribution in [2.45, 2.75) is 50.0 Å². The second kappa shape index (κ2) is 10.2. The molecule has 0 saturated heterocycles. The fourth-order valence-corrected chi connectivity index (χ4v) is 4.42. The summed E-state index contributed by atoms with van der Waals surface area (Å²) < 4.78 is 28.6. The Kier molecular flexibility index (Phi) is 7.40. The summed E-state index contributed by atoms with van der Waals surface area (Å²) in [5.74, 6) is 0.491. The predicted molar refractivity (Wildman–Crippen MR) is 111 cm³/mol. The maximum atomic E-state index is 12.0. The van der Waals surface area contributed by atoms with Crippen LogP contribution in [-0.4, -0.2) is 42.8 Å². The van der Waals surface area contributed by atoms with Crippen LogP contribution in [0, 0.1) is 0 Å². The molecule has 1 aromatic carbocycles. The molecular weight excluding hydrogens is 390 g/mol. The van der Waals surface area contributed by atoms with Gasteiger partial charge in [-0.25, -0.2) is 13.4 Å². The number of unbranched alkanes of at least 4 members (excludes halogenated alkanes) is 3. The highest BCUT2D eigenvalue weighted by atomic mass is 32.2. The first-order valence-electron chi connectivity index (χ1n) is 9.95. The Labute approximate surface area is 171 Å². The SMILES string of the molecule is O=C(CCCCCN=C1NS(=O)(=O)c2ccccc21)NCCCCn1ccnc1. The molecule has 156 valence electrons. The molecule has 9 heteroatoms. The molecule has 1 aliphatic heterocycles. The van der Waals surface area contributed by atoms with Crippen molar-refractivity contribution in [3.63, 3.8) is 0 Å². The molecule has 2 N–H and O–H groups in total. The number of sulfonamides is 1. The largest absolute Gasteiger partial charge is 0.356 e. The Bertz CT molecular complexity index is 939. The van der Waals surface area contributed by atoms with Crippen molar-refractivity contribution in [1.82, 2.24) is 19.6 Å². The number of amidine groups is 1. The van der Waals surface area contributed by atoms with Crippen LogP contribution in [0.1, 0.15) is 44.1 Å². The maximum absolute atomic E-state index is 12.0. The quantitative estimate of drug-likeness (QED) is 0.546. The van der Waals surface area contributed by atoms with Gasteiger partial charge in [0.05, 0.1) is 11.2 Å². The smallest absolute Gasteiger partial charge is 0.263 e. The number of carbonyl (C=O) groups excluding carboxylic acids is 1. The molecule has 29 heavy (non-hydrogen) atoms. The third-order valence-electron chi connectivity index (χ3n) is 4.72. The van der Waals surface area contributed by atoms with Crippen molar-refractivity contribution in [1.29, 1.82) is 0 Å². The highest BCUT2D eigenvalue weighted by molar-refractivity contribution is 7.90. The minimum atomic E-state index is -3.48. The molecule has 3 rings (SSSR count). The van der Waals surface area contributed by atoms with Crippen molar-refractivity contribution in [3.05, 3.63) is 48.5 Å². The van der Waals surface area contributed by atoms with Crippen LogP contribution in [-0.2, 0) is 21.4 Å². The van der Waals surface area contributed by atoms with E-state index in [0.717, 1.165) is 38.6 Å². The van der Waals surface area contributed by atoms with Gasteiger partial charge in [0.1, 0.15) is 5.84 Å². The highest BCUT2D eigenvalue weighted by Gasteiger charge is 2.29. The van der Waals surface area contributed by atoms with Crippen LogP contribution in [0.25, 0.3) is 0 Å². The van der Waals surface area contributed by atoms with Crippen LogP contribution < -0.4 is 10.0 Å². The lowest BCUT2D eigenvalue weighted by molar-refractivity contribution is -0.121. The summed E-state index contributed by atoms with van der Waals surface area (Å²) >= 11 is 0. The van der Waals surface area contributed by atoms with Gasteiger partial charge in [-0.15, -0.1) is 0 Å². The topological polar surface area (TPSA) is 105 Å². The molecule has 1 aliphatic rings. The summed E-state index contributed by atoms with van der Waals surface area (Å²) in [6.45, 7) is 2.14. The van der Waals surface area contributed by atoms with Gasteiger partial charge in [-0.1, -0.05) is 18.6 Å². The zero-order valence-corrected chi connectivity index (χ0v) is 17.2. The number of aromatic nitrogens is 2. The molecule has 0 unspecified atom stereocenters. The number of fused-ring (bicyclic) bond motifs is 1. The number of nitrogens with zero attached hydrogens (tertiary/aromatic N) is 3. The second-order valence-electron chi connectivity index (χ2n) is 7.00. The minimum Gasteiger partial charge on any atom is -0.356 e. The summed E-state index contributed by atoms with van der Waals surface area (Å²) in [5, 5.41) is 2.95. The zero-order chi connectivity index (χ0) is 20.5. The number of imidazole rings is 1. The summed E-state index contributed by atoms with van der Waals surface area (Å²) in [7, 11) is -3.48. The number of nitrogens with one attached hydrogen (secondary N) is 2. The van der Waals surface area contributed by atoms with E-state index >= 15 is 0 Å². The average Bonchev–Trinajstić information content (AvgIpc) is 3.31. The Balaban J connectivity index is 1.26. The lowest BCUT2D eigenvalue weighted by Gasteiger charge is -2.06. The fourth-order valence-electron chi connectivity index (χ4n) is 3.17. The number of rotatable bonds is 11. The number of carbonyl (C=O) groups is 1. The molecule has 1 aromatic heterocycles. The molecule has 2 heterocycles. The highest BCUT2D eigenvalue weighted by Crippen LogP contribution is 2.22. The molecule has 0 radical (unpaired) electrons. The Morgan fingerprint density at radius 1 is 1.14 bits per heavy atom. The molecule has 2 aromatic rings. The number of amides is 1. The van der Waals surface area contributed by atoms with Crippen molar-refractivity contribution in [2.75, 3.05) is 13.1 Å². The van der Waals surface area contributed by atoms with Crippen molar-refractivity contribution in [2.24, 2.45) is 4.99 Å². The molecular formula is C20H27N5O3S. The first-order chi connectivity index (χ1) is 14.1. The number of aliphatic imine (C=N–C) groups is 1. The van der Waals surface area contributed by atoms with E-state index in [1.165, 1.54) is 0 Å². The van der Waals surface area contributed by atoms with Gasteiger partial charge in [0.15, 0.2) is 0 Å². The Hall–Kier alpha value is -2.68. The first kappa shape index (κ1) is 21.0. The van der Waals surface area contributed by atoms with Crippen molar-refractivity contribution < 1.29 is 13.2 Å². The first-order valence-corrected chi connectivity index (χ1v) is 11.4. The van der Waals surface area contributed by atoms with Crippen LogP contribution in [0.2, 0.25) is 0 Å². The summed E-state index contributed by atoms with van der Waals surface area (Å²) in [5.41, 5.74) is 0.625. The standard InChI is InChI=1S/C20H27N5O3S/c26-19(22-11-6-7-14-25-15-13-21-16-25)10-2-1-5-12-23-20-17-8-3-4-9-18(17)29(27,28)24-20/h3-4,8-9,13,15-16H,1-2,5-7,10-12,14H2,(H,22,26)(H,23,24). The summed E-state index contributed by atoms with van der Waals surface area (Å²) in [6, 6.07) is 6.83. The minimum absolute atomic E-state index is 0.0800. The van der Waals surface area contributed by atoms with E-state index in [9.17, 15) is 13.2 Å². The molecule has 0 spiro atoms. The van der Waals surface area contributed by atoms with Crippen molar-refractivity contribution >= 4 is 21.8 Å². The van der Waals surface area contributed by atoms with E-state index in [2.05, 4.69) is 20.0 Å². The third-order valence-corrected chi connectivity index (χ3v) is 6.12. The molecule has 1 amide bonds. The van der Waals surface area contributed by atoms with E-state index in [0.29, 0.717) is 30.9 Å². The maximum Gasteiger partial charge on any atom is 0.263 e. The van der Waals surface area contributed by atoms with Gasteiger partial charge < -0.3 is 9.88 Å². The second-order valence-corrected chi connectivity index (χ2v) is 8.65. The zero-order valence-electron chi connectivity index (χ0n) is 16.4. The van der Waals surface area contributed by atoms with E-state index < -0.39 is 10.0 Å². The molecule has 0 bridgehead atoms. The van der Waals surface area contributed by atoms with Crippen LogP contribution >= 0.6 is 0 Å². The van der Waals surface area contributed by atoms with Gasteiger partial charge in [-0.3, -0.25) is 14.5 Å². The van der Waals surface area contributed by atoms with Gasteiger partial charge >= 0.3 is 0 Å². The van der Waals surface area contributed by atoms with E-state index in [1.54, 1.807) is 36.8 Å². The summed E-state index contributed by atoms with van der Waals surface area (Å²) in [6.07, 6.45) is 10.4. The molecule has 0 atom stereocenters. The molecule has 8 nitrogen and oxygen atoms in total. The van der Waals surface area contributed by atoms with E-state index in [4.69, 9.17) is 0 Å². The molecule has 0 aliphatic carbocycles. The van der Waals surface area contributed by atoms with Crippen LogP contribution in [0.5, 0.6) is 0 Å². The fraction of sp³-hybridized carbons (Fsp3) is 0.450. The molecule has 0 fully saturated rings. The normalized spacial score (nSPS) is 15.8. The van der Waals surface area contributed by atoms with Gasteiger partial charge in [-0.05, 0) is 37.8 Å². The number of hydrogen-bond acceptors (Lipinski definition) is 5. The predicted octanol–water partition coefficient (Wildman–Crippen LogP) is 2.08. The van der Waals surface area contributed by atoms with Crippen LogP contribution in [0.3, 0.4) is 0 Å². The van der Waals surface area contributed by atoms with Gasteiger partial charge in [0.2, 0.25) is 5.91 Å². The number of aryl methyl sites for hydroxylation is 1. The van der Waals surface area contributed by atoms with Crippen LogP contribution in [0.4, 0.5) is 0 Å². The lowest BCUT2D eigenvalue weighted by Crippen LogP contribution is -2.24. The van der Waals surface area contributed by atoms with Crippen LogP contribution in [0.15, 0.2) is 52.9 Å². The number of hydrogen-bond donors (Lipinski definition) is 2. The lowest BCUT2D eigenvalue weighted by atomic mass is 10.2. The molecule has 0 saturated carbocycles. The monoisotopic (exact) mass is 417 g/mol. The van der Waals surface area contributed by atoms with Gasteiger partial charge in [-0.2, -0.15) is 0 Å². The van der Waals surface area contributed by atoms with Gasteiger partial charge in [0, 0.05) is 44.0 Å². The van der Waals surface area contributed by atoms with Crippen molar-refractivity contribution in [3.8, 4) is 0 Å².